The van der Waals surface area contributed by atoms with Gasteiger partial charge in [0.2, 0.25) is 35.7 Å². The molecule has 0 spiro atoms. The summed E-state index contributed by atoms with van der Waals surface area (Å²) in [4.78, 5) is 28.8. The first kappa shape index (κ1) is 38.1. The zero-order valence-electron chi connectivity index (χ0n) is 26.9. The molecular formula is C28H57ClN14. The highest BCUT2D eigenvalue weighted by molar-refractivity contribution is 5.85. The molecule has 0 aliphatic rings. The summed E-state index contributed by atoms with van der Waals surface area (Å²) in [7, 11) is 7.53. The molecule has 0 saturated carbocycles. The molecule has 0 fully saturated rings. The van der Waals surface area contributed by atoms with Gasteiger partial charge in [-0.1, -0.05) is 51.4 Å². The van der Waals surface area contributed by atoms with E-state index in [1.807, 2.05) is 38.0 Å². The summed E-state index contributed by atoms with van der Waals surface area (Å²) in [6, 6.07) is 0. The van der Waals surface area contributed by atoms with Crippen LogP contribution in [0.3, 0.4) is 0 Å². The number of nitrogen functional groups attached to an aromatic ring is 2. The molecular weight excluding hydrogens is 568 g/mol. The van der Waals surface area contributed by atoms with E-state index in [2.05, 4.69) is 51.2 Å². The third-order valence-corrected chi connectivity index (χ3v) is 6.67. The van der Waals surface area contributed by atoms with E-state index in [9.17, 15) is 0 Å². The number of rotatable bonds is 25. The Balaban J connectivity index is 0.00000924. The van der Waals surface area contributed by atoms with Gasteiger partial charge in [0.05, 0.1) is 0 Å². The van der Waals surface area contributed by atoms with Crippen molar-refractivity contribution in [2.24, 2.45) is 0 Å². The van der Waals surface area contributed by atoms with Crippen molar-refractivity contribution in [1.29, 1.82) is 0 Å². The van der Waals surface area contributed by atoms with E-state index in [1.54, 1.807) is 0 Å². The van der Waals surface area contributed by atoms with Crippen LogP contribution in [0, 0.1) is 0 Å². The number of hydrogen-bond acceptors (Lipinski definition) is 14. The first-order chi connectivity index (χ1) is 20.3. The van der Waals surface area contributed by atoms with Crippen molar-refractivity contribution in [3.63, 3.8) is 0 Å². The van der Waals surface area contributed by atoms with Gasteiger partial charge in [0.1, 0.15) is 0 Å². The van der Waals surface area contributed by atoms with Crippen LogP contribution in [0.2, 0.25) is 0 Å². The Kier molecular flexibility index (Phi) is 20.8. The highest BCUT2D eigenvalue weighted by atomic mass is 35.5. The average Bonchev–Trinajstić information content (AvgIpc) is 2.95. The molecule has 14 nitrogen and oxygen atoms in total. The number of anilines is 6. The Hall–Kier alpha value is -2.97. The fourth-order valence-corrected chi connectivity index (χ4v) is 4.31. The predicted octanol–water partition coefficient (Wildman–Crippen LogP) is 3.16. The maximum atomic E-state index is 5.75. The molecule has 0 radical (unpaired) electrons. The van der Waals surface area contributed by atoms with E-state index in [1.165, 1.54) is 64.2 Å². The second kappa shape index (κ2) is 23.5. The van der Waals surface area contributed by atoms with E-state index in [0.717, 1.165) is 52.1 Å². The molecule has 2 aromatic rings. The first-order valence-corrected chi connectivity index (χ1v) is 15.6. The molecule has 15 heteroatoms. The largest absolute Gasteiger partial charge is 0.368 e. The third kappa shape index (κ3) is 18.3. The van der Waals surface area contributed by atoms with E-state index < -0.39 is 0 Å². The van der Waals surface area contributed by atoms with Crippen LogP contribution in [-0.4, -0.2) is 97.4 Å². The molecule has 0 aromatic carbocycles. The predicted molar refractivity (Wildman–Crippen MR) is 183 cm³/mol. The number of nitrogens with one attached hydrogen (secondary N) is 4. The van der Waals surface area contributed by atoms with Crippen LogP contribution in [0.4, 0.5) is 35.7 Å². The van der Waals surface area contributed by atoms with Crippen molar-refractivity contribution in [3.05, 3.63) is 0 Å². The fourth-order valence-electron chi connectivity index (χ4n) is 4.31. The van der Waals surface area contributed by atoms with Crippen molar-refractivity contribution in [1.82, 2.24) is 40.5 Å². The van der Waals surface area contributed by atoms with Crippen LogP contribution in [0.25, 0.3) is 0 Å². The smallest absolute Gasteiger partial charge is 0.231 e. The number of nitrogens with two attached hydrogens (primary N) is 2. The van der Waals surface area contributed by atoms with Gasteiger partial charge in [-0.05, 0) is 51.9 Å². The monoisotopic (exact) mass is 624 g/mol. The molecule has 0 atom stereocenters. The fraction of sp³-hybridized carbons (Fsp3) is 0.786. The van der Waals surface area contributed by atoms with Gasteiger partial charge >= 0.3 is 0 Å². The minimum absolute atomic E-state index is 0. The number of aromatic nitrogens is 6. The first-order valence-electron chi connectivity index (χ1n) is 15.6. The van der Waals surface area contributed by atoms with E-state index in [4.69, 9.17) is 11.5 Å². The van der Waals surface area contributed by atoms with Gasteiger partial charge in [0.15, 0.2) is 0 Å². The molecule has 43 heavy (non-hydrogen) atoms. The third-order valence-electron chi connectivity index (χ3n) is 6.67. The van der Waals surface area contributed by atoms with Gasteiger partial charge in [-0.2, -0.15) is 29.9 Å². The normalized spacial score (nSPS) is 10.8. The zero-order chi connectivity index (χ0) is 30.4. The molecule has 2 rings (SSSR count). The summed E-state index contributed by atoms with van der Waals surface area (Å²) in [5, 5.41) is 13.5. The summed E-state index contributed by atoms with van der Waals surface area (Å²) in [5.74, 6) is 2.66. The van der Waals surface area contributed by atoms with Crippen molar-refractivity contribution < 1.29 is 0 Å². The molecule has 0 unspecified atom stereocenters. The minimum Gasteiger partial charge on any atom is -0.368 e. The lowest BCUT2D eigenvalue weighted by Crippen LogP contribution is -2.20. The molecule has 0 bridgehead atoms. The highest BCUT2D eigenvalue weighted by Gasteiger charge is 2.06. The number of halogens is 1. The van der Waals surface area contributed by atoms with E-state index >= 15 is 0 Å². The SMILES string of the molecule is CN(C)c1nc(N)nc(NCCCNCCCCCCCCCCCCNCCCNc2nc(N)nc(N(C)C)n2)n1.Cl. The summed E-state index contributed by atoms with van der Waals surface area (Å²) < 4.78 is 0. The molecule has 0 aliphatic heterocycles. The molecule has 2 heterocycles. The Morgan fingerprint density at radius 2 is 0.767 bits per heavy atom. The average molecular weight is 625 g/mol. The lowest BCUT2D eigenvalue weighted by molar-refractivity contribution is 0.532. The van der Waals surface area contributed by atoms with Crippen molar-refractivity contribution in [3.8, 4) is 0 Å². The summed E-state index contributed by atoms with van der Waals surface area (Å²) >= 11 is 0. The molecule has 246 valence electrons. The summed E-state index contributed by atoms with van der Waals surface area (Å²) in [5.41, 5.74) is 11.5. The van der Waals surface area contributed by atoms with E-state index in [-0.39, 0.29) is 24.3 Å². The lowest BCUT2D eigenvalue weighted by Gasteiger charge is -2.12. The van der Waals surface area contributed by atoms with Crippen LogP contribution >= 0.6 is 12.4 Å². The molecule has 0 amide bonds. The number of hydrogen-bond donors (Lipinski definition) is 6. The molecule has 2 aromatic heterocycles. The van der Waals surface area contributed by atoms with Crippen LogP contribution < -0.4 is 42.5 Å². The van der Waals surface area contributed by atoms with Crippen LogP contribution in [-0.2, 0) is 0 Å². The topological polar surface area (TPSA) is 184 Å². The Labute approximate surface area is 264 Å². The van der Waals surface area contributed by atoms with Crippen LogP contribution in [0.1, 0.15) is 77.0 Å². The summed E-state index contributed by atoms with van der Waals surface area (Å²) in [6.07, 6.45) is 15.3. The molecule has 8 N–H and O–H groups in total. The van der Waals surface area contributed by atoms with Gasteiger partial charge in [0.25, 0.3) is 0 Å². The van der Waals surface area contributed by atoms with Crippen molar-refractivity contribution >= 4 is 48.1 Å². The van der Waals surface area contributed by atoms with Gasteiger partial charge in [-0.15, -0.1) is 12.4 Å². The standard InChI is InChI=1S/C28H56N14.ClH/c1-41(2)27-37-23(29)35-25(39-27)33-21-15-19-31-17-13-11-9-7-5-6-8-10-12-14-18-32-20-16-22-34-26-36-24(30)38-28(40-26)42(3)4;/h31-32H,5-22H2,1-4H3,(H3,29,33,35,37,39)(H3,30,34,36,38,40);1H. The van der Waals surface area contributed by atoms with Crippen molar-refractivity contribution in [2.45, 2.75) is 77.0 Å². The van der Waals surface area contributed by atoms with Crippen LogP contribution in [0.5, 0.6) is 0 Å². The maximum absolute atomic E-state index is 5.75. The minimum atomic E-state index is 0. The Bertz CT molecular complexity index is 901. The van der Waals surface area contributed by atoms with Gasteiger partial charge < -0.3 is 42.5 Å². The zero-order valence-corrected chi connectivity index (χ0v) is 27.7. The highest BCUT2D eigenvalue weighted by Crippen LogP contribution is 2.11. The number of nitrogens with zero attached hydrogens (tertiary/aromatic N) is 8. The lowest BCUT2D eigenvalue weighted by atomic mass is 10.1. The van der Waals surface area contributed by atoms with E-state index in [0.29, 0.717) is 23.8 Å². The van der Waals surface area contributed by atoms with Crippen LogP contribution in [0.15, 0.2) is 0 Å². The molecule has 0 saturated heterocycles. The Morgan fingerprint density at radius 1 is 0.442 bits per heavy atom. The van der Waals surface area contributed by atoms with Gasteiger partial charge in [-0.25, -0.2) is 0 Å². The Morgan fingerprint density at radius 3 is 1.12 bits per heavy atom. The molecule has 0 aliphatic carbocycles. The van der Waals surface area contributed by atoms with Gasteiger partial charge in [-0.3, -0.25) is 0 Å². The number of unbranched alkanes of at least 4 members (excludes halogenated alkanes) is 9. The summed E-state index contributed by atoms with van der Waals surface area (Å²) in [6.45, 7) is 5.74. The van der Waals surface area contributed by atoms with Crippen molar-refractivity contribution in [2.75, 3.05) is 99.4 Å². The second-order valence-corrected chi connectivity index (χ2v) is 11.0. The maximum Gasteiger partial charge on any atom is 0.231 e. The second-order valence-electron chi connectivity index (χ2n) is 11.0. The van der Waals surface area contributed by atoms with Gasteiger partial charge in [0, 0.05) is 41.3 Å². The quantitative estimate of drug-likeness (QED) is 0.0885.